The second-order valence-electron chi connectivity index (χ2n) is 6.76. The quantitative estimate of drug-likeness (QED) is 0.922. The normalized spacial score (nSPS) is 18.8. The van der Waals surface area contributed by atoms with Crippen LogP contribution in [-0.4, -0.2) is 42.5 Å². The molecule has 5 nitrogen and oxygen atoms in total. The van der Waals surface area contributed by atoms with Crippen LogP contribution in [0.5, 0.6) is 0 Å². The molecule has 0 saturated carbocycles. The van der Waals surface area contributed by atoms with Crippen LogP contribution in [0.15, 0.2) is 35.4 Å². The van der Waals surface area contributed by atoms with Crippen LogP contribution in [0.4, 0.5) is 0 Å². The summed E-state index contributed by atoms with van der Waals surface area (Å²) in [6, 6.07) is 7.24. The van der Waals surface area contributed by atoms with Crippen molar-refractivity contribution in [2.24, 2.45) is 5.41 Å². The third kappa shape index (κ3) is 2.94. The smallest absolute Gasteiger partial charge is 0.245 e. The molecule has 1 N–H and O–H groups in total. The lowest BCUT2D eigenvalue weighted by Crippen LogP contribution is -2.44. The van der Waals surface area contributed by atoms with Gasteiger partial charge in [-0.1, -0.05) is 19.1 Å². The minimum Gasteiger partial charge on any atom is -0.396 e. The van der Waals surface area contributed by atoms with Crippen molar-refractivity contribution in [2.75, 3.05) is 19.7 Å². The van der Waals surface area contributed by atoms with Crippen LogP contribution < -0.4 is 0 Å². The highest BCUT2D eigenvalue weighted by molar-refractivity contribution is 7.89. The zero-order chi connectivity index (χ0) is 17.4. The first-order valence-electron chi connectivity index (χ1n) is 8.38. The van der Waals surface area contributed by atoms with Crippen molar-refractivity contribution in [3.8, 4) is 0 Å². The molecule has 1 saturated heterocycles. The minimum absolute atomic E-state index is 0.118. The Morgan fingerprint density at radius 2 is 2.00 bits per heavy atom. The lowest BCUT2D eigenvalue weighted by atomic mass is 9.77. The monoisotopic (exact) mass is 348 g/mol. The van der Waals surface area contributed by atoms with E-state index in [1.165, 1.54) is 4.31 Å². The Morgan fingerprint density at radius 3 is 2.62 bits per heavy atom. The van der Waals surface area contributed by atoms with Crippen LogP contribution in [0.25, 0.3) is 10.9 Å². The van der Waals surface area contributed by atoms with Gasteiger partial charge in [0.05, 0.1) is 5.52 Å². The minimum atomic E-state index is -3.58. The van der Waals surface area contributed by atoms with E-state index < -0.39 is 10.0 Å². The van der Waals surface area contributed by atoms with E-state index in [0.717, 1.165) is 17.4 Å². The molecule has 130 valence electrons. The van der Waals surface area contributed by atoms with E-state index in [4.69, 9.17) is 0 Å². The standard InChI is InChI=1S/C18H24N2O3S/c1-3-18(13-21)7-9-20(10-8-18)24(22,23)16-6-4-5-15-11-14(2)12-19-17(15)16/h4-6,11-12,21H,3,7-10,13H2,1-2H3. The number of para-hydroxylation sites is 1. The van der Waals surface area contributed by atoms with Crippen molar-refractivity contribution in [2.45, 2.75) is 38.0 Å². The van der Waals surface area contributed by atoms with Crippen LogP contribution >= 0.6 is 0 Å². The predicted molar refractivity (Wildman–Crippen MR) is 94.3 cm³/mol. The highest BCUT2D eigenvalue weighted by atomic mass is 32.2. The van der Waals surface area contributed by atoms with Gasteiger partial charge in [0, 0.05) is 31.3 Å². The number of hydrogen-bond donors (Lipinski definition) is 1. The number of piperidine rings is 1. The summed E-state index contributed by atoms with van der Waals surface area (Å²) in [5, 5.41) is 10.5. The van der Waals surface area contributed by atoms with Gasteiger partial charge in [-0.15, -0.1) is 0 Å². The molecule has 3 rings (SSSR count). The maximum atomic E-state index is 13.1. The number of aromatic nitrogens is 1. The Kier molecular flexibility index (Phi) is 4.64. The summed E-state index contributed by atoms with van der Waals surface area (Å²) < 4.78 is 27.7. The summed E-state index contributed by atoms with van der Waals surface area (Å²) in [6.45, 7) is 5.00. The highest BCUT2D eigenvalue weighted by Gasteiger charge is 2.37. The zero-order valence-electron chi connectivity index (χ0n) is 14.2. The summed E-state index contributed by atoms with van der Waals surface area (Å²) in [5.41, 5.74) is 1.39. The summed E-state index contributed by atoms with van der Waals surface area (Å²) in [5.74, 6) is 0. The van der Waals surface area contributed by atoms with Gasteiger partial charge in [-0.25, -0.2) is 8.42 Å². The Bertz CT molecular complexity index is 834. The van der Waals surface area contributed by atoms with Crippen molar-refractivity contribution in [1.29, 1.82) is 0 Å². The third-order valence-electron chi connectivity index (χ3n) is 5.30. The van der Waals surface area contributed by atoms with Crippen LogP contribution in [0, 0.1) is 12.3 Å². The number of aryl methyl sites for hydroxylation is 1. The average Bonchev–Trinajstić information content (AvgIpc) is 2.61. The third-order valence-corrected chi connectivity index (χ3v) is 7.23. The number of rotatable bonds is 4. The molecule has 0 radical (unpaired) electrons. The second-order valence-corrected chi connectivity index (χ2v) is 8.66. The first-order valence-corrected chi connectivity index (χ1v) is 9.82. The van der Waals surface area contributed by atoms with E-state index in [2.05, 4.69) is 11.9 Å². The van der Waals surface area contributed by atoms with Gasteiger partial charge in [0.15, 0.2) is 0 Å². The fraction of sp³-hybridized carbons (Fsp3) is 0.500. The summed E-state index contributed by atoms with van der Waals surface area (Å²) >= 11 is 0. The van der Waals surface area contributed by atoms with E-state index in [1.54, 1.807) is 18.3 Å². The molecular formula is C18H24N2O3S. The van der Waals surface area contributed by atoms with E-state index in [9.17, 15) is 13.5 Å². The molecule has 2 aromatic rings. The molecule has 0 unspecified atom stereocenters. The van der Waals surface area contributed by atoms with Crippen LogP contribution in [-0.2, 0) is 10.0 Å². The Labute approximate surface area is 143 Å². The average molecular weight is 348 g/mol. The fourth-order valence-corrected chi connectivity index (χ4v) is 5.02. The number of sulfonamides is 1. The molecule has 1 aliphatic rings. The van der Waals surface area contributed by atoms with Crippen LogP contribution in [0.2, 0.25) is 0 Å². The van der Waals surface area contributed by atoms with Gasteiger partial charge in [0.2, 0.25) is 10.0 Å². The molecule has 1 aliphatic heterocycles. The largest absolute Gasteiger partial charge is 0.396 e. The van der Waals surface area contributed by atoms with Crippen molar-refractivity contribution in [3.63, 3.8) is 0 Å². The van der Waals surface area contributed by atoms with Gasteiger partial charge < -0.3 is 5.11 Å². The van der Waals surface area contributed by atoms with Crippen molar-refractivity contribution in [1.82, 2.24) is 9.29 Å². The molecule has 0 atom stereocenters. The van der Waals surface area contributed by atoms with E-state index in [-0.39, 0.29) is 16.9 Å². The van der Waals surface area contributed by atoms with Crippen molar-refractivity contribution >= 4 is 20.9 Å². The van der Waals surface area contributed by atoms with E-state index >= 15 is 0 Å². The van der Waals surface area contributed by atoms with Gasteiger partial charge >= 0.3 is 0 Å². The van der Waals surface area contributed by atoms with Gasteiger partial charge in [-0.3, -0.25) is 4.98 Å². The van der Waals surface area contributed by atoms with Crippen LogP contribution in [0.1, 0.15) is 31.7 Å². The number of hydrogen-bond acceptors (Lipinski definition) is 4. The fourth-order valence-electron chi connectivity index (χ4n) is 3.41. The number of pyridine rings is 1. The Balaban J connectivity index is 1.95. The molecule has 0 amide bonds. The van der Waals surface area contributed by atoms with Crippen LogP contribution in [0.3, 0.4) is 0 Å². The number of aliphatic hydroxyl groups is 1. The van der Waals surface area contributed by atoms with E-state index in [0.29, 0.717) is 31.4 Å². The molecule has 0 aliphatic carbocycles. The molecule has 0 spiro atoms. The maximum absolute atomic E-state index is 13.1. The van der Waals surface area contributed by atoms with Gasteiger partial charge in [0.25, 0.3) is 0 Å². The molecule has 2 heterocycles. The van der Waals surface area contributed by atoms with Crippen molar-refractivity contribution < 1.29 is 13.5 Å². The summed E-state index contributed by atoms with van der Waals surface area (Å²) in [6.07, 6.45) is 3.95. The maximum Gasteiger partial charge on any atom is 0.245 e. The van der Waals surface area contributed by atoms with E-state index in [1.807, 2.05) is 19.1 Å². The molecule has 24 heavy (non-hydrogen) atoms. The molecular weight excluding hydrogens is 324 g/mol. The molecule has 0 bridgehead atoms. The van der Waals surface area contributed by atoms with Gasteiger partial charge in [-0.2, -0.15) is 4.31 Å². The summed E-state index contributed by atoms with van der Waals surface area (Å²) in [4.78, 5) is 4.63. The number of benzene rings is 1. The number of aliphatic hydroxyl groups excluding tert-OH is 1. The Morgan fingerprint density at radius 1 is 1.29 bits per heavy atom. The highest BCUT2D eigenvalue weighted by Crippen LogP contribution is 2.36. The summed E-state index contributed by atoms with van der Waals surface area (Å²) in [7, 11) is -3.58. The van der Waals surface area contributed by atoms with Gasteiger partial charge in [-0.05, 0) is 49.3 Å². The SMILES string of the molecule is CCC1(CO)CCN(S(=O)(=O)c2cccc3cc(C)cnc23)CC1. The molecule has 6 heteroatoms. The number of fused-ring (bicyclic) bond motifs is 1. The zero-order valence-corrected chi connectivity index (χ0v) is 15.0. The lowest BCUT2D eigenvalue weighted by Gasteiger charge is -2.39. The van der Waals surface area contributed by atoms with Crippen molar-refractivity contribution in [3.05, 3.63) is 36.0 Å². The predicted octanol–water partition coefficient (Wildman–Crippen LogP) is 2.72. The topological polar surface area (TPSA) is 70.5 Å². The molecule has 1 fully saturated rings. The second kappa shape index (κ2) is 6.43. The van der Waals surface area contributed by atoms with Gasteiger partial charge in [0.1, 0.15) is 4.90 Å². The Hall–Kier alpha value is -1.50. The molecule has 1 aromatic heterocycles. The lowest BCUT2D eigenvalue weighted by molar-refractivity contribution is 0.0648. The number of nitrogens with zero attached hydrogens (tertiary/aromatic N) is 2. The first-order chi connectivity index (χ1) is 11.4. The molecule has 1 aromatic carbocycles. The first kappa shape index (κ1) is 17.3.